The summed E-state index contributed by atoms with van der Waals surface area (Å²) in [7, 11) is 2.08. The fourth-order valence-corrected chi connectivity index (χ4v) is 3.03. The van der Waals surface area contributed by atoms with Crippen LogP contribution in [-0.4, -0.2) is 34.3 Å². The third kappa shape index (κ3) is 2.15. The molecule has 3 rings (SSSR count). The van der Waals surface area contributed by atoms with Crippen molar-refractivity contribution in [3.05, 3.63) is 35.3 Å². The van der Waals surface area contributed by atoms with Crippen molar-refractivity contribution in [3.63, 3.8) is 0 Å². The van der Waals surface area contributed by atoms with E-state index in [4.69, 9.17) is 0 Å². The Labute approximate surface area is 112 Å². The molecule has 102 valence electrons. The van der Waals surface area contributed by atoms with Crippen molar-refractivity contribution < 1.29 is 9.50 Å². The first-order valence-corrected chi connectivity index (χ1v) is 6.72. The summed E-state index contributed by atoms with van der Waals surface area (Å²) in [6.45, 7) is 4.21. The third-order valence-electron chi connectivity index (χ3n) is 3.85. The molecule has 0 amide bonds. The van der Waals surface area contributed by atoms with Crippen LogP contribution in [0.1, 0.15) is 18.2 Å². The molecule has 19 heavy (non-hydrogen) atoms. The molecular formula is C15H19FN2O. The molecule has 0 bridgehead atoms. The quantitative estimate of drug-likeness (QED) is 0.898. The number of likely N-dealkylation sites (N-methyl/N-ethyl adjacent to an activating group) is 1. The zero-order chi connectivity index (χ0) is 13.6. The van der Waals surface area contributed by atoms with E-state index in [-0.39, 0.29) is 5.82 Å². The second-order valence-corrected chi connectivity index (χ2v) is 5.53. The fourth-order valence-electron chi connectivity index (χ4n) is 3.03. The van der Waals surface area contributed by atoms with E-state index in [1.807, 2.05) is 6.07 Å². The molecule has 4 heteroatoms. The topological polar surface area (TPSA) is 28.4 Å². The van der Waals surface area contributed by atoms with Crippen LogP contribution in [0.3, 0.4) is 0 Å². The van der Waals surface area contributed by atoms with Gasteiger partial charge in [0, 0.05) is 42.7 Å². The number of aliphatic hydroxyl groups excluding tert-OH is 1. The number of rotatable bonds is 2. The summed E-state index contributed by atoms with van der Waals surface area (Å²) in [6, 6.07) is 4.94. The Kier molecular flexibility index (Phi) is 3.07. The molecule has 0 fully saturated rings. The summed E-state index contributed by atoms with van der Waals surface area (Å²) >= 11 is 0. The highest BCUT2D eigenvalue weighted by atomic mass is 19.1. The Bertz CT molecular complexity index is 618. The van der Waals surface area contributed by atoms with Crippen LogP contribution in [-0.2, 0) is 19.5 Å². The number of aliphatic hydroxyl groups is 1. The van der Waals surface area contributed by atoms with Crippen LogP contribution in [0.15, 0.2) is 18.2 Å². The molecule has 2 aromatic rings. The lowest BCUT2D eigenvalue weighted by Gasteiger charge is -2.24. The molecule has 1 aliphatic rings. The molecule has 0 spiro atoms. The van der Waals surface area contributed by atoms with E-state index in [0.29, 0.717) is 6.54 Å². The molecule has 0 saturated carbocycles. The predicted molar refractivity (Wildman–Crippen MR) is 73.6 cm³/mol. The lowest BCUT2D eigenvalue weighted by Crippen LogP contribution is -2.28. The molecular weight excluding hydrogens is 243 g/mol. The van der Waals surface area contributed by atoms with Crippen molar-refractivity contribution in [3.8, 4) is 0 Å². The van der Waals surface area contributed by atoms with Gasteiger partial charge in [-0.2, -0.15) is 0 Å². The Hall–Kier alpha value is -1.39. The average Bonchev–Trinajstić information content (AvgIpc) is 2.62. The first-order chi connectivity index (χ1) is 9.06. The lowest BCUT2D eigenvalue weighted by atomic mass is 10.0. The molecule has 0 radical (unpaired) electrons. The number of hydrogen-bond donors (Lipinski definition) is 1. The Balaban J connectivity index is 2.23. The first kappa shape index (κ1) is 12.6. The molecule has 0 saturated heterocycles. The number of aromatic nitrogens is 1. The van der Waals surface area contributed by atoms with Gasteiger partial charge in [-0.1, -0.05) is 0 Å². The van der Waals surface area contributed by atoms with Crippen LogP contribution in [0.25, 0.3) is 10.9 Å². The number of fused-ring (bicyclic) bond motifs is 3. The smallest absolute Gasteiger partial charge is 0.123 e. The Morgan fingerprint density at radius 3 is 2.95 bits per heavy atom. The maximum absolute atomic E-state index is 13.5. The number of halogens is 1. The van der Waals surface area contributed by atoms with Gasteiger partial charge in [0.1, 0.15) is 5.82 Å². The highest BCUT2D eigenvalue weighted by molar-refractivity contribution is 5.86. The number of hydrogen-bond acceptors (Lipinski definition) is 2. The standard InChI is InChI=1S/C15H19FN2O/c1-10(19)8-18-14-4-3-11(16)7-12(14)13-9-17(2)6-5-15(13)18/h3-4,7,10,19H,5-6,8-9H2,1-2H3/t10-/m1/s1. The maximum Gasteiger partial charge on any atom is 0.123 e. The van der Waals surface area contributed by atoms with Crippen LogP contribution >= 0.6 is 0 Å². The highest BCUT2D eigenvalue weighted by Gasteiger charge is 2.22. The average molecular weight is 262 g/mol. The zero-order valence-corrected chi connectivity index (χ0v) is 11.4. The van der Waals surface area contributed by atoms with E-state index in [2.05, 4.69) is 16.5 Å². The summed E-state index contributed by atoms with van der Waals surface area (Å²) in [5.41, 5.74) is 3.49. The molecule has 1 aliphatic heterocycles. The lowest BCUT2D eigenvalue weighted by molar-refractivity contribution is 0.173. The molecule has 0 aliphatic carbocycles. The van der Waals surface area contributed by atoms with Crippen molar-refractivity contribution in [2.75, 3.05) is 13.6 Å². The number of nitrogens with zero attached hydrogens (tertiary/aromatic N) is 2. The fraction of sp³-hybridized carbons (Fsp3) is 0.467. The minimum Gasteiger partial charge on any atom is -0.392 e. The summed E-state index contributed by atoms with van der Waals surface area (Å²) < 4.78 is 15.7. The highest BCUT2D eigenvalue weighted by Crippen LogP contribution is 2.31. The van der Waals surface area contributed by atoms with E-state index in [1.54, 1.807) is 13.0 Å². The zero-order valence-electron chi connectivity index (χ0n) is 11.4. The molecule has 2 heterocycles. The molecule has 1 atom stereocenters. The van der Waals surface area contributed by atoms with E-state index in [0.717, 1.165) is 30.4 Å². The van der Waals surface area contributed by atoms with Gasteiger partial charge in [0.05, 0.1) is 6.10 Å². The number of benzene rings is 1. The van der Waals surface area contributed by atoms with E-state index < -0.39 is 6.10 Å². The van der Waals surface area contributed by atoms with Gasteiger partial charge in [0.25, 0.3) is 0 Å². The van der Waals surface area contributed by atoms with Gasteiger partial charge in [-0.05, 0) is 37.7 Å². The summed E-state index contributed by atoms with van der Waals surface area (Å²) in [4.78, 5) is 2.25. The Morgan fingerprint density at radius 1 is 1.42 bits per heavy atom. The normalized spacial score (nSPS) is 17.7. The van der Waals surface area contributed by atoms with E-state index in [1.165, 1.54) is 17.3 Å². The van der Waals surface area contributed by atoms with Gasteiger partial charge >= 0.3 is 0 Å². The van der Waals surface area contributed by atoms with Crippen molar-refractivity contribution in [2.24, 2.45) is 0 Å². The summed E-state index contributed by atoms with van der Waals surface area (Å²) in [5, 5.41) is 10.7. The van der Waals surface area contributed by atoms with Crippen molar-refractivity contribution in [1.29, 1.82) is 0 Å². The van der Waals surface area contributed by atoms with E-state index in [9.17, 15) is 9.50 Å². The molecule has 0 unspecified atom stereocenters. The van der Waals surface area contributed by atoms with Crippen LogP contribution in [0.4, 0.5) is 4.39 Å². The second-order valence-electron chi connectivity index (χ2n) is 5.53. The van der Waals surface area contributed by atoms with Gasteiger partial charge in [-0.15, -0.1) is 0 Å². The van der Waals surface area contributed by atoms with Crippen LogP contribution in [0.2, 0.25) is 0 Å². The van der Waals surface area contributed by atoms with Crippen molar-refractivity contribution in [1.82, 2.24) is 9.47 Å². The monoisotopic (exact) mass is 262 g/mol. The van der Waals surface area contributed by atoms with E-state index >= 15 is 0 Å². The van der Waals surface area contributed by atoms with Gasteiger partial charge in [-0.25, -0.2) is 4.39 Å². The van der Waals surface area contributed by atoms with Gasteiger partial charge in [0.15, 0.2) is 0 Å². The third-order valence-corrected chi connectivity index (χ3v) is 3.85. The first-order valence-electron chi connectivity index (χ1n) is 6.72. The van der Waals surface area contributed by atoms with Gasteiger partial charge < -0.3 is 14.6 Å². The summed E-state index contributed by atoms with van der Waals surface area (Å²) in [6.07, 6.45) is 0.555. The predicted octanol–water partition coefficient (Wildman–Crippen LogP) is 2.15. The van der Waals surface area contributed by atoms with Crippen molar-refractivity contribution >= 4 is 10.9 Å². The SMILES string of the molecule is C[C@@H](O)Cn1c2c(c3cc(F)ccc31)CN(C)CC2. The van der Waals surface area contributed by atoms with Crippen LogP contribution in [0, 0.1) is 5.82 Å². The maximum atomic E-state index is 13.5. The van der Waals surface area contributed by atoms with Crippen LogP contribution < -0.4 is 0 Å². The van der Waals surface area contributed by atoms with Gasteiger partial charge in [-0.3, -0.25) is 0 Å². The van der Waals surface area contributed by atoms with Crippen molar-refractivity contribution in [2.45, 2.75) is 32.5 Å². The summed E-state index contributed by atoms with van der Waals surface area (Å²) in [5.74, 6) is -0.197. The molecule has 3 nitrogen and oxygen atoms in total. The largest absolute Gasteiger partial charge is 0.392 e. The Morgan fingerprint density at radius 2 is 2.21 bits per heavy atom. The molecule has 1 N–H and O–H groups in total. The van der Waals surface area contributed by atoms with Gasteiger partial charge in [0.2, 0.25) is 0 Å². The molecule has 1 aromatic heterocycles. The minimum atomic E-state index is -0.399. The minimum absolute atomic E-state index is 0.197. The molecule has 1 aromatic carbocycles. The second kappa shape index (κ2) is 4.62. The van der Waals surface area contributed by atoms with Crippen LogP contribution in [0.5, 0.6) is 0 Å².